The zero-order valence-corrected chi connectivity index (χ0v) is 14.7. The molecule has 7 nitrogen and oxygen atoms in total. The molecule has 0 saturated carbocycles. The Morgan fingerprint density at radius 1 is 1.28 bits per heavy atom. The molecule has 0 spiro atoms. The molecule has 0 aliphatic carbocycles. The number of nitrogens with one attached hydrogen (secondary N) is 1. The second-order valence-corrected chi connectivity index (χ2v) is 6.00. The van der Waals surface area contributed by atoms with Gasteiger partial charge in [0.15, 0.2) is 0 Å². The van der Waals surface area contributed by atoms with Gasteiger partial charge in [-0.2, -0.15) is 4.98 Å². The number of carbonyl (C=O) groups is 1. The van der Waals surface area contributed by atoms with Gasteiger partial charge in [0.2, 0.25) is 5.88 Å². The Labute approximate surface area is 147 Å². The Morgan fingerprint density at radius 2 is 2.08 bits per heavy atom. The summed E-state index contributed by atoms with van der Waals surface area (Å²) in [5.41, 5.74) is 1.52. The van der Waals surface area contributed by atoms with Crippen LogP contribution < -0.4 is 14.8 Å². The van der Waals surface area contributed by atoms with Crippen LogP contribution >= 0.6 is 0 Å². The molecule has 0 radical (unpaired) electrons. The highest BCUT2D eigenvalue weighted by molar-refractivity contribution is 5.91. The maximum atomic E-state index is 12.5. The van der Waals surface area contributed by atoms with Crippen LogP contribution in [-0.2, 0) is 0 Å². The number of rotatable bonds is 4. The third-order valence-corrected chi connectivity index (χ3v) is 4.01. The van der Waals surface area contributed by atoms with Gasteiger partial charge >= 0.3 is 6.03 Å². The zero-order valence-electron chi connectivity index (χ0n) is 14.7. The first-order valence-electron chi connectivity index (χ1n) is 8.23. The Bertz CT molecular complexity index is 745. The highest BCUT2D eigenvalue weighted by Gasteiger charge is 2.28. The maximum absolute atomic E-state index is 12.5. The molecular formula is C18H22N4O3. The average molecular weight is 342 g/mol. The monoisotopic (exact) mass is 342 g/mol. The first kappa shape index (κ1) is 17.0. The SMILES string of the molecule is COc1ccccc1NC(=O)N1CCC(Oc2cc(C)nc(C)n2)C1. The molecule has 1 aromatic heterocycles. The predicted octanol–water partition coefficient (Wildman–Crippen LogP) is 2.79. The van der Waals surface area contributed by atoms with Gasteiger partial charge in [-0.25, -0.2) is 9.78 Å². The van der Waals surface area contributed by atoms with Crippen molar-refractivity contribution in [1.29, 1.82) is 0 Å². The summed E-state index contributed by atoms with van der Waals surface area (Å²) in [5.74, 6) is 1.87. The van der Waals surface area contributed by atoms with Gasteiger partial charge in [-0.3, -0.25) is 0 Å². The van der Waals surface area contributed by atoms with E-state index in [0.717, 1.165) is 12.1 Å². The van der Waals surface area contributed by atoms with Crippen LogP contribution in [0.15, 0.2) is 30.3 Å². The normalized spacial score (nSPS) is 16.6. The Hall–Kier alpha value is -2.83. The first-order chi connectivity index (χ1) is 12.0. The molecule has 25 heavy (non-hydrogen) atoms. The Kier molecular flexibility index (Phi) is 5.02. The third kappa shape index (κ3) is 4.17. The van der Waals surface area contributed by atoms with Crippen molar-refractivity contribution in [2.75, 3.05) is 25.5 Å². The molecule has 2 heterocycles. The molecular weight excluding hydrogens is 320 g/mol. The van der Waals surface area contributed by atoms with E-state index in [-0.39, 0.29) is 12.1 Å². The number of aryl methyl sites for hydroxylation is 2. The molecule has 3 rings (SSSR count). The van der Waals surface area contributed by atoms with Crippen LogP contribution in [0.25, 0.3) is 0 Å². The summed E-state index contributed by atoms with van der Waals surface area (Å²) in [6.07, 6.45) is 0.693. The van der Waals surface area contributed by atoms with Crippen molar-refractivity contribution in [3.63, 3.8) is 0 Å². The molecule has 1 aromatic carbocycles. The van der Waals surface area contributed by atoms with Gasteiger partial charge in [0.1, 0.15) is 17.7 Å². The Balaban J connectivity index is 1.59. The largest absolute Gasteiger partial charge is 0.495 e. The van der Waals surface area contributed by atoms with Crippen molar-refractivity contribution in [3.05, 3.63) is 41.9 Å². The number of nitrogens with zero attached hydrogens (tertiary/aromatic N) is 3. The first-order valence-corrected chi connectivity index (χ1v) is 8.23. The van der Waals surface area contributed by atoms with E-state index < -0.39 is 0 Å². The van der Waals surface area contributed by atoms with Gasteiger partial charge in [0, 0.05) is 24.7 Å². The molecule has 0 bridgehead atoms. The summed E-state index contributed by atoms with van der Waals surface area (Å²) in [6, 6.07) is 8.99. The summed E-state index contributed by atoms with van der Waals surface area (Å²) in [7, 11) is 1.58. The fourth-order valence-electron chi connectivity index (χ4n) is 2.87. The van der Waals surface area contributed by atoms with Gasteiger partial charge in [-0.15, -0.1) is 0 Å². The zero-order chi connectivity index (χ0) is 17.8. The summed E-state index contributed by atoms with van der Waals surface area (Å²) < 4.78 is 11.2. The van der Waals surface area contributed by atoms with Crippen LogP contribution in [0.5, 0.6) is 11.6 Å². The fraction of sp³-hybridized carbons (Fsp3) is 0.389. The van der Waals surface area contributed by atoms with E-state index in [1.165, 1.54) is 0 Å². The lowest BCUT2D eigenvalue weighted by Crippen LogP contribution is -2.34. The number of benzene rings is 1. The van der Waals surface area contributed by atoms with E-state index in [1.807, 2.05) is 44.2 Å². The smallest absolute Gasteiger partial charge is 0.322 e. The second-order valence-electron chi connectivity index (χ2n) is 6.00. The van der Waals surface area contributed by atoms with Gasteiger partial charge in [-0.05, 0) is 26.0 Å². The summed E-state index contributed by atoms with van der Waals surface area (Å²) >= 11 is 0. The standard InChI is InChI=1S/C18H22N4O3/c1-12-10-17(20-13(2)19-12)25-14-8-9-22(11-14)18(23)21-15-6-4-5-7-16(15)24-3/h4-7,10,14H,8-9,11H2,1-3H3,(H,21,23). The molecule has 7 heteroatoms. The van der Waals surface area contributed by atoms with Crippen LogP contribution in [0.2, 0.25) is 0 Å². The van der Waals surface area contributed by atoms with Crippen LogP contribution in [0.4, 0.5) is 10.5 Å². The average Bonchev–Trinajstić information content (AvgIpc) is 3.03. The topological polar surface area (TPSA) is 76.6 Å². The van der Waals surface area contributed by atoms with Crippen molar-refractivity contribution >= 4 is 11.7 Å². The molecule has 1 N–H and O–H groups in total. The van der Waals surface area contributed by atoms with Crippen molar-refractivity contribution in [1.82, 2.24) is 14.9 Å². The molecule has 2 amide bonds. The van der Waals surface area contributed by atoms with Crippen molar-refractivity contribution in [3.8, 4) is 11.6 Å². The number of methoxy groups -OCH3 is 1. The van der Waals surface area contributed by atoms with Crippen molar-refractivity contribution in [2.45, 2.75) is 26.4 Å². The van der Waals surface area contributed by atoms with E-state index in [2.05, 4.69) is 15.3 Å². The summed E-state index contributed by atoms with van der Waals surface area (Å²) in [4.78, 5) is 22.7. The van der Waals surface area contributed by atoms with Gasteiger partial charge in [0.25, 0.3) is 0 Å². The van der Waals surface area contributed by atoms with E-state index >= 15 is 0 Å². The van der Waals surface area contributed by atoms with E-state index in [9.17, 15) is 4.79 Å². The third-order valence-electron chi connectivity index (χ3n) is 4.01. The minimum absolute atomic E-state index is 0.0721. The van der Waals surface area contributed by atoms with Crippen LogP contribution in [0, 0.1) is 13.8 Å². The number of likely N-dealkylation sites (tertiary alicyclic amines) is 1. The molecule has 1 unspecified atom stereocenters. The van der Waals surface area contributed by atoms with Crippen molar-refractivity contribution in [2.24, 2.45) is 0 Å². The summed E-state index contributed by atoms with van der Waals surface area (Å²) in [5, 5.41) is 2.89. The molecule has 1 fully saturated rings. The molecule has 2 aromatic rings. The molecule has 1 atom stereocenters. The fourth-order valence-corrected chi connectivity index (χ4v) is 2.87. The van der Waals surface area contributed by atoms with Gasteiger partial charge in [-0.1, -0.05) is 12.1 Å². The number of para-hydroxylation sites is 2. The quantitative estimate of drug-likeness (QED) is 0.924. The van der Waals surface area contributed by atoms with Gasteiger partial charge < -0.3 is 19.7 Å². The lowest BCUT2D eigenvalue weighted by Gasteiger charge is -2.18. The molecule has 1 saturated heterocycles. The van der Waals surface area contributed by atoms with E-state index in [1.54, 1.807) is 12.0 Å². The lowest BCUT2D eigenvalue weighted by molar-refractivity contribution is 0.189. The number of anilines is 1. The number of carbonyl (C=O) groups excluding carboxylic acids is 1. The molecule has 1 aliphatic heterocycles. The second kappa shape index (κ2) is 7.38. The minimum Gasteiger partial charge on any atom is -0.495 e. The lowest BCUT2D eigenvalue weighted by atomic mass is 10.3. The number of hydrogen-bond acceptors (Lipinski definition) is 5. The highest BCUT2D eigenvalue weighted by atomic mass is 16.5. The van der Waals surface area contributed by atoms with Crippen LogP contribution in [-0.4, -0.2) is 47.2 Å². The van der Waals surface area contributed by atoms with Gasteiger partial charge in [0.05, 0.1) is 19.3 Å². The molecule has 132 valence electrons. The van der Waals surface area contributed by atoms with E-state index in [4.69, 9.17) is 9.47 Å². The number of aromatic nitrogens is 2. The minimum atomic E-state index is -0.161. The number of amides is 2. The maximum Gasteiger partial charge on any atom is 0.322 e. The van der Waals surface area contributed by atoms with E-state index in [0.29, 0.717) is 36.2 Å². The summed E-state index contributed by atoms with van der Waals surface area (Å²) in [6.45, 7) is 4.89. The molecule has 1 aliphatic rings. The van der Waals surface area contributed by atoms with Crippen LogP contribution in [0.3, 0.4) is 0 Å². The Morgan fingerprint density at radius 3 is 2.84 bits per heavy atom. The van der Waals surface area contributed by atoms with Crippen molar-refractivity contribution < 1.29 is 14.3 Å². The number of ether oxygens (including phenoxy) is 2. The van der Waals surface area contributed by atoms with Crippen LogP contribution in [0.1, 0.15) is 17.9 Å². The number of hydrogen-bond donors (Lipinski definition) is 1. The number of urea groups is 1. The predicted molar refractivity (Wildman–Crippen MR) is 94.1 cm³/mol. The highest BCUT2D eigenvalue weighted by Crippen LogP contribution is 2.24.